The van der Waals surface area contributed by atoms with Crippen molar-refractivity contribution in [1.29, 1.82) is 0 Å². The van der Waals surface area contributed by atoms with E-state index in [-0.39, 0.29) is 5.75 Å². The summed E-state index contributed by atoms with van der Waals surface area (Å²) in [7, 11) is 0. The van der Waals surface area contributed by atoms with Gasteiger partial charge in [0.05, 0.1) is 0 Å². The fourth-order valence-corrected chi connectivity index (χ4v) is 1.19. The van der Waals surface area contributed by atoms with Gasteiger partial charge in [-0.15, -0.1) is 0 Å². The van der Waals surface area contributed by atoms with Gasteiger partial charge in [-0.3, -0.25) is 0 Å². The van der Waals surface area contributed by atoms with Crippen molar-refractivity contribution in [2.24, 2.45) is 0 Å². The zero-order valence-corrected chi connectivity index (χ0v) is 7.85. The number of para-hydroxylation sites is 1. The molecule has 2 aromatic rings. The van der Waals surface area contributed by atoms with Crippen molar-refractivity contribution < 1.29 is 14.2 Å². The van der Waals surface area contributed by atoms with Crippen LogP contribution in [0.2, 0.25) is 0 Å². The lowest BCUT2D eigenvalue weighted by atomic mass is 10.3. The van der Waals surface area contributed by atoms with E-state index < -0.39 is 11.6 Å². The third-order valence-corrected chi connectivity index (χ3v) is 1.91. The molecule has 0 atom stereocenters. The molecular formula is C12H9FO2. The third kappa shape index (κ3) is 2.07. The van der Waals surface area contributed by atoms with E-state index >= 15 is 0 Å². The Morgan fingerprint density at radius 2 is 1.67 bits per heavy atom. The summed E-state index contributed by atoms with van der Waals surface area (Å²) < 4.78 is 18.6. The number of hydrogen-bond acceptors (Lipinski definition) is 2. The quantitative estimate of drug-likeness (QED) is 0.813. The molecule has 0 amide bonds. The van der Waals surface area contributed by atoms with Crippen LogP contribution in [0.15, 0.2) is 48.5 Å². The van der Waals surface area contributed by atoms with E-state index in [2.05, 4.69) is 0 Å². The second kappa shape index (κ2) is 4.00. The van der Waals surface area contributed by atoms with Crippen molar-refractivity contribution >= 4 is 0 Å². The Kier molecular flexibility index (Phi) is 2.54. The van der Waals surface area contributed by atoms with E-state index in [0.29, 0.717) is 5.75 Å². The summed E-state index contributed by atoms with van der Waals surface area (Å²) in [4.78, 5) is 0. The van der Waals surface area contributed by atoms with Crippen LogP contribution in [0.3, 0.4) is 0 Å². The van der Waals surface area contributed by atoms with E-state index in [1.54, 1.807) is 24.3 Å². The molecule has 0 spiro atoms. The van der Waals surface area contributed by atoms with Gasteiger partial charge in [-0.05, 0) is 24.3 Å². The number of phenols is 1. The van der Waals surface area contributed by atoms with Crippen LogP contribution >= 0.6 is 0 Å². The number of halogens is 1. The summed E-state index contributed by atoms with van der Waals surface area (Å²) in [6, 6.07) is 13.1. The topological polar surface area (TPSA) is 29.5 Å². The number of ether oxygens (including phenoxy) is 1. The first-order valence-electron chi connectivity index (χ1n) is 4.48. The molecule has 2 nitrogen and oxygen atoms in total. The Morgan fingerprint density at radius 3 is 2.40 bits per heavy atom. The molecule has 0 saturated heterocycles. The molecule has 0 radical (unpaired) electrons. The first-order valence-corrected chi connectivity index (χ1v) is 4.48. The molecule has 0 heterocycles. The first kappa shape index (κ1) is 9.52. The largest absolute Gasteiger partial charge is 0.505 e. The molecule has 0 aliphatic carbocycles. The Labute approximate surface area is 86.6 Å². The number of benzene rings is 2. The van der Waals surface area contributed by atoms with Gasteiger partial charge in [0.15, 0.2) is 11.5 Å². The summed E-state index contributed by atoms with van der Waals surface area (Å²) in [6.07, 6.45) is 0. The van der Waals surface area contributed by atoms with Crippen LogP contribution < -0.4 is 4.74 Å². The second-order valence-corrected chi connectivity index (χ2v) is 3.00. The van der Waals surface area contributed by atoms with E-state index in [0.717, 1.165) is 0 Å². The fourth-order valence-electron chi connectivity index (χ4n) is 1.19. The van der Waals surface area contributed by atoms with Gasteiger partial charge in [-0.1, -0.05) is 24.3 Å². The van der Waals surface area contributed by atoms with Gasteiger partial charge in [0.2, 0.25) is 5.82 Å². The summed E-state index contributed by atoms with van der Waals surface area (Å²) >= 11 is 0. The Hall–Kier alpha value is -2.03. The van der Waals surface area contributed by atoms with E-state index in [4.69, 9.17) is 9.84 Å². The lowest BCUT2D eigenvalue weighted by Crippen LogP contribution is -1.87. The van der Waals surface area contributed by atoms with Crippen molar-refractivity contribution in [3.05, 3.63) is 54.3 Å². The van der Waals surface area contributed by atoms with Gasteiger partial charge in [0.25, 0.3) is 0 Å². The van der Waals surface area contributed by atoms with Gasteiger partial charge in [-0.25, -0.2) is 0 Å². The molecule has 76 valence electrons. The molecule has 15 heavy (non-hydrogen) atoms. The average Bonchev–Trinajstić information content (AvgIpc) is 2.26. The lowest BCUT2D eigenvalue weighted by molar-refractivity contribution is 0.395. The maximum atomic E-state index is 13.3. The molecule has 1 N–H and O–H groups in total. The van der Waals surface area contributed by atoms with E-state index in [1.165, 1.54) is 18.2 Å². The molecular weight excluding hydrogens is 195 g/mol. The first-order chi connectivity index (χ1) is 7.27. The molecule has 0 saturated carbocycles. The van der Waals surface area contributed by atoms with Crippen LogP contribution in [-0.4, -0.2) is 5.11 Å². The van der Waals surface area contributed by atoms with Gasteiger partial charge in [0.1, 0.15) is 5.75 Å². The van der Waals surface area contributed by atoms with Crippen LogP contribution in [0.5, 0.6) is 17.2 Å². The minimum absolute atomic E-state index is 0.0150. The highest BCUT2D eigenvalue weighted by Crippen LogP contribution is 2.28. The minimum atomic E-state index is -0.749. The molecule has 0 fully saturated rings. The average molecular weight is 204 g/mol. The highest BCUT2D eigenvalue weighted by atomic mass is 19.1. The zero-order chi connectivity index (χ0) is 10.7. The molecule has 0 bridgehead atoms. The van der Waals surface area contributed by atoms with Crippen LogP contribution in [0, 0.1) is 5.82 Å². The molecule has 0 aliphatic rings. The molecule has 3 heteroatoms. The third-order valence-electron chi connectivity index (χ3n) is 1.91. The number of rotatable bonds is 2. The minimum Gasteiger partial charge on any atom is -0.505 e. The monoisotopic (exact) mass is 204 g/mol. The smallest absolute Gasteiger partial charge is 0.207 e. The van der Waals surface area contributed by atoms with Crippen LogP contribution in [0.4, 0.5) is 4.39 Å². The predicted octanol–water partition coefficient (Wildman–Crippen LogP) is 3.32. The molecule has 0 aromatic heterocycles. The van der Waals surface area contributed by atoms with Crippen LogP contribution in [0.1, 0.15) is 0 Å². The maximum Gasteiger partial charge on any atom is 0.207 e. The Morgan fingerprint density at radius 1 is 0.933 bits per heavy atom. The summed E-state index contributed by atoms with van der Waals surface area (Å²) in [5, 5.41) is 9.12. The van der Waals surface area contributed by atoms with Gasteiger partial charge >= 0.3 is 0 Å². The zero-order valence-electron chi connectivity index (χ0n) is 7.85. The molecule has 0 unspecified atom stereocenters. The molecule has 0 aliphatic heterocycles. The van der Waals surface area contributed by atoms with Crippen molar-refractivity contribution in [2.75, 3.05) is 0 Å². The molecule has 2 rings (SSSR count). The number of phenolic OH excluding ortho intramolecular Hbond substituents is 1. The number of hydrogen-bond donors (Lipinski definition) is 1. The van der Waals surface area contributed by atoms with Gasteiger partial charge < -0.3 is 9.84 Å². The fraction of sp³-hybridized carbons (Fsp3) is 0. The van der Waals surface area contributed by atoms with Crippen molar-refractivity contribution in [3.8, 4) is 17.2 Å². The normalized spacial score (nSPS) is 9.93. The Bertz CT molecular complexity index is 454. The summed E-state index contributed by atoms with van der Waals surface area (Å²) in [5.74, 6) is -0.618. The van der Waals surface area contributed by atoms with Crippen molar-refractivity contribution in [2.45, 2.75) is 0 Å². The van der Waals surface area contributed by atoms with Crippen LogP contribution in [0.25, 0.3) is 0 Å². The van der Waals surface area contributed by atoms with Gasteiger partial charge in [-0.2, -0.15) is 4.39 Å². The van der Waals surface area contributed by atoms with Crippen molar-refractivity contribution in [3.63, 3.8) is 0 Å². The highest BCUT2D eigenvalue weighted by Gasteiger charge is 2.08. The molecule has 2 aromatic carbocycles. The van der Waals surface area contributed by atoms with E-state index in [9.17, 15) is 4.39 Å². The summed E-state index contributed by atoms with van der Waals surface area (Å²) in [6.45, 7) is 0. The number of aromatic hydroxyl groups is 1. The summed E-state index contributed by atoms with van der Waals surface area (Å²) in [5.41, 5.74) is 0. The standard InChI is InChI=1S/C12H9FO2/c13-12-10(14)7-4-8-11(12)15-9-5-2-1-3-6-9/h1-8,14H. The SMILES string of the molecule is Oc1cccc(Oc2ccccc2)c1F. The second-order valence-electron chi connectivity index (χ2n) is 3.00. The van der Waals surface area contributed by atoms with E-state index in [1.807, 2.05) is 6.07 Å². The predicted molar refractivity (Wildman–Crippen MR) is 54.6 cm³/mol. The van der Waals surface area contributed by atoms with Crippen molar-refractivity contribution in [1.82, 2.24) is 0 Å². The van der Waals surface area contributed by atoms with Gasteiger partial charge in [0, 0.05) is 0 Å². The lowest BCUT2D eigenvalue weighted by Gasteiger charge is -2.06. The maximum absolute atomic E-state index is 13.3. The van der Waals surface area contributed by atoms with Crippen LogP contribution in [-0.2, 0) is 0 Å². The Balaban J connectivity index is 2.29. The highest BCUT2D eigenvalue weighted by molar-refractivity contribution is 5.37.